The molecule has 148 valence electrons. The first-order valence-corrected chi connectivity index (χ1v) is 9.09. The van der Waals surface area contributed by atoms with Crippen LogP contribution in [0.15, 0.2) is 15.7 Å². The van der Waals surface area contributed by atoms with Crippen LogP contribution in [0.3, 0.4) is 0 Å². The fourth-order valence-electron chi connectivity index (χ4n) is 4.32. The molecule has 1 saturated carbocycles. The van der Waals surface area contributed by atoms with Gasteiger partial charge < -0.3 is 16.5 Å². The Balaban J connectivity index is 0.00000210. The number of benzene rings is 1. The second kappa shape index (κ2) is 6.83. The van der Waals surface area contributed by atoms with Crippen LogP contribution in [0.2, 0.25) is 0 Å². The van der Waals surface area contributed by atoms with E-state index in [1.807, 2.05) is 11.8 Å². The fraction of sp³-hybridized carbons (Fsp3) is 0.556. The van der Waals surface area contributed by atoms with E-state index in [1.54, 1.807) is 11.5 Å². The first-order chi connectivity index (χ1) is 12.4. The quantitative estimate of drug-likeness (QED) is 0.759. The van der Waals surface area contributed by atoms with Crippen molar-refractivity contribution in [3.8, 4) is 0 Å². The number of aromatic nitrogens is 2. The second-order valence-corrected chi connectivity index (χ2v) is 7.51. The van der Waals surface area contributed by atoms with E-state index in [9.17, 15) is 9.59 Å². The van der Waals surface area contributed by atoms with Gasteiger partial charge in [-0.15, -0.1) is 12.4 Å². The average Bonchev–Trinajstić information content (AvgIpc) is 3.38. The first-order valence-electron chi connectivity index (χ1n) is 9.09. The summed E-state index contributed by atoms with van der Waals surface area (Å²) in [6.45, 7) is 5.08. The minimum absolute atomic E-state index is 0. The van der Waals surface area contributed by atoms with E-state index in [2.05, 4.69) is 0 Å². The standard InChI is InChI=1S/C18H24FN5O2.ClH/c1-9-15-13(17(25)24(21)18(26)23(15)12-3-4-12)7-14(19)16(9)22-6-5-11(8-20)10(22)2;/h7,10-12H,3-6,8,20-21H2,1-2H3;1H. The van der Waals surface area contributed by atoms with Crippen LogP contribution >= 0.6 is 12.4 Å². The van der Waals surface area contributed by atoms with Crippen LogP contribution in [0.4, 0.5) is 10.1 Å². The molecule has 1 aromatic carbocycles. The number of halogens is 2. The molecule has 2 atom stereocenters. The number of hydrogen-bond donors (Lipinski definition) is 2. The highest BCUT2D eigenvalue weighted by Gasteiger charge is 2.35. The zero-order chi connectivity index (χ0) is 18.7. The number of nitrogens with zero attached hydrogens (tertiary/aromatic N) is 3. The molecule has 0 spiro atoms. The van der Waals surface area contributed by atoms with Gasteiger partial charge in [0.05, 0.1) is 16.6 Å². The van der Waals surface area contributed by atoms with Gasteiger partial charge in [0, 0.05) is 24.2 Å². The molecule has 2 aliphatic rings. The van der Waals surface area contributed by atoms with Crippen LogP contribution in [-0.4, -0.2) is 28.4 Å². The molecule has 2 fully saturated rings. The molecule has 1 saturated heterocycles. The molecule has 27 heavy (non-hydrogen) atoms. The van der Waals surface area contributed by atoms with E-state index in [1.165, 1.54) is 6.07 Å². The molecule has 7 nitrogen and oxygen atoms in total. The molecule has 0 amide bonds. The molecule has 2 heterocycles. The number of hydrogen-bond acceptors (Lipinski definition) is 5. The van der Waals surface area contributed by atoms with Crippen molar-refractivity contribution in [2.24, 2.45) is 11.7 Å². The Morgan fingerprint density at radius 1 is 1.26 bits per heavy atom. The number of rotatable bonds is 3. The third kappa shape index (κ3) is 2.82. The molecular weight excluding hydrogens is 373 g/mol. The third-order valence-electron chi connectivity index (χ3n) is 5.98. The number of nitrogen functional groups attached to an aromatic ring is 1. The summed E-state index contributed by atoms with van der Waals surface area (Å²) in [6, 6.07) is 1.34. The lowest BCUT2D eigenvalue weighted by atomic mass is 10.0. The number of aryl methyl sites for hydroxylation is 1. The van der Waals surface area contributed by atoms with E-state index in [0.29, 0.717) is 40.5 Å². The van der Waals surface area contributed by atoms with Gasteiger partial charge in [0.1, 0.15) is 5.82 Å². The van der Waals surface area contributed by atoms with Crippen molar-refractivity contribution >= 4 is 29.0 Å². The van der Waals surface area contributed by atoms with E-state index in [-0.39, 0.29) is 29.9 Å². The van der Waals surface area contributed by atoms with E-state index >= 15 is 4.39 Å². The molecule has 9 heteroatoms. The summed E-state index contributed by atoms with van der Waals surface area (Å²) < 4.78 is 17.2. The van der Waals surface area contributed by atoms with Crippen LogP contribution in [0.5, 0.6) is 0 Å². The van der Waals surface area contributed by atoms with Crippen LogP contribution in [0, 0.1) is 18.7 Å². The van der Waals surface area contributed by atoms with Crippen LogP contribution < -0.4 is 27.7 Å². The maximum Gasteiger partial charge on any atom is 0.350 e. The molecule has 1 aliphatic heterocycles. The lowest BCUT2D eigenvalue weighted by Crippen LogP contribution is -2.45. The minimum Gasteiger partial charge on any atom is -0.366 e. The van der Waals surface area contributed by atoms with Crippen molar-refractivity contribution in [1.82, 2.24) is 9.24 Å². The highest BCUT2D eigenvalue weighted by atomic mass is 35.5. The summed E-state index contributed by atoms with van der Waals surface area (Å²) in [5.74, 6) is 5.49. The van der Waals surface area contributed by atoms with Crippen molar-refractivity contribution in [2.75, 3.05) is 23.8 Å². The van der Waals surface area contributed by atoms with E-state index < -0.39 is 17.1 Å². The summed E-state index contributed by atoms with van der Waals surface area (Å²) in [6.07, 6.45) is 2.61. The van der Waals surface area contributed by atoms with Gasteiger partial charge in [0.2, 0.25) is 0 Å². The monoisotopic (exact) mass is 397 g/mol. The van der Waals surface area contributed by atoms with Crippen LogP contribution in [0.1, 0.15) is 37.8 Å². The maximum atomic E-state index is 15.0. The largest absolute Gasteiger partial charge is 0.366 e. The van der Waals surface area contributed by atoms with Crippen molar-refractivity contribution in [2.45, 2.75) is 45.2 Å². The van der Waals surface area contributed by atoms with Gasteiger partial charge in [-0.05, 0) is 51.6 Å². The summed E-state index contributed by atoms with van der Waals surface area (Å²) >= 11 is 0. The highest BCUT2D eigenvalue weighted by molar-refractivity contribution is 5.87. The molecule has 2 aromatic rings. The van der Waals surface area contributed by atoms with Crippen molar-refractivity contribution in [3.63, 3.8) is 0 Å². The number of fused-ring (bicyclic) bond motifs is 1. The molecule has 1 aliphatic carbocycles. The third-order valence-corrected chi connectivity index (χ3v) is 5.98. The Morgan fingerprint density at radius 3 is 2.48 bits per heavy atom. The van der Waals surface area contributed by atoms with Gasteiger partial charge in [-0.1, -0.05) is 0 Å². The molecule has 0 radical (unpaired) electrons. The highest BCUT2D eigenvalue weighted by Crippen LogP contribution is 2.40. The van der Waals surface area contributed by atoms with Gasteiger partial charge in [0.25, 0.3) is 5.56 Å². The molecule has 4 N–H and O–H groups in total. The molecule has 0 bridgehead atoms. The van der Waals surface area contributed by atoms with E-state index in [4.69, 9.17) is 11.6 Å². The average molecular weight is 398 g/mol. The Labute approximate surface area is 162 Å². The Bertz CT molecular complexity index is 1010. The van der Waals surface area contributed by atoms with Gasteiger partial charge >= 0.3 is 5.69 Å². The SMILES string of the molecule is Cc1c(N2CCC(CN)C2C)c(F)cc2c(=O)n(N)c(=O)n(C3CC3)c12.Cl. The predicted molar refractivity (Wildman–Crippen MR) is 107 cm³/mol. The summed E-state index contributed by atoms with van der Waals surface area (Å²) in [5, 5.41) is 0.153. The van der Waals surface area contributed by atoms with Gasteiger partial charge in [0.15, 0.2) is 0 Å². The van der Waals surface area contributed by atoms with E-state index in [0.717, 1.165) is 19.3 Å². The van der Waals surface area contributed by atoms with Gasteiger partial charge in [-0.3, -0.25) is 9.36 Å². The Kier molecular flexibility index (Phi) is 4.98. The minimum atomic E-state index is -0.662. The summed E-state index contributed by atoms with van der Waals surface area (Å²) in [7, 11) is 0. The maximum absolute atomic E-state index is 15.0. The fourth-order valence-corrected chi connectivity index (χ4v) is 4.32. The normalized spacial score (nSPS) is 22.3. The first kappa shape index (κ1) is 19.7. The second-order valence-electron chi connectivity index (χ2n) is 7.51. The Morgan fingerprint density at radius 2 is 1.93 bits per heavy atom. The van der Waals surface area contributed by atoms with Crippen molar-refractivity contribution < 1.29 is 4.39 Å². The zero-order valence-corrected chi connectivity index (χ0v) is 16.3. The Hall–Kier alpha value is -2.06. The number of nitrogens with two attached hydrogens (primary N) is 2. The topological polar surface area (TPSA) is 99.3 Å². The summed E-state index contributed by atoms with van der Waals surface area (Å²) in [4.78, 5) is 27.1. The lowest BCUT2D eigenvalue weighted by Gasteiger charge is -2.29. The summed E-state index contributed by atoms with van der Waals surface area (Å²) in [5.41, 5.74) is 6.21. The van der Waals surface area contributed by atoms with Gasteiger partial charge in [-0.2, -0.15) is 4.68 Å². The van der Waals surface area contributed by atoms with Crippen LogP contribution in [-0.2, 0) is 0 Å². The molecule has 2 unspecified atom stereocenters. The predicted octanol–water partition coefficient (Wildman–Crippen LogP) is 1.25. The van der Waals surface area contributed by atoms with Crippen molar-refractivity contribution in [3.05, 3.63) is 38.3 Å². The number of anilines is 1. The van der Waals surface area contributed by atoms with Gasteiger partial charge in [-0.25, -0.2) is 9.18 Å². The molecule has 4 rings (SSSR count). The van der Waals surface area contributed by atoms with Crippen molar-refractivity contribution in [1.29, 1.82) is 0 Å². The molecular formula is C18H25ClFN5O2. The molecule has 1 aromatic heterocycles. The lowest BCUT2D eigenvalue weighted by molar-refractivity contribution is 0.504. The van der Waals surface area contributed by atoms with Crippen LogP contribution in [0.25, 0.3) is 10.9 Å². The zero-order valence-electron chi connectivity index (χ0n) is 15.4. The smallest absolute Gasteiger partial charge is 0.350 e.